The molecule has 3 N–H and O–H groups in total. The lowest BCUT2D eigenvalue weighted by atomic mass is 10.0. The largest absolute Gasteiger partial charge is 0.409 e. The van der Waals surface area contributed by atoms with E-state index in [4.69, 9.17) is 20.4 Å². The fraction of sp³-hybridized carbons (Fsp3) is 0.538. The van der Waals surface area contributed by atoms with E-state index >= 15 is 0 Å². The number of aromatic nitrogens is 1. The number of oxime groups is 1. The van der Waals surface area contributed by atoms with Gasteiger partial charge >= 0.3 is 0 Å². The molecule has 1 aromatic heterocycles. The first-order valence-corrected chi connectivity index (χ1v) is 6.38. The molecule has 0 unspecified atom stereocenters. The first-order chi connectivity index (χ1) is 9.31. The third-order valence-electron chi connectivity index (χ3n) is 3.19. The summed E-state index contributed by atoms with van der Waals surface area (Å²) in [6.07, 6.45) is 3.69. The van der Waals surface area contributed by atoms with Crippen LogP contribution in [0.2, 0.25) is 0 Å². The number of nitrogens with zero attached hydrogens (tertiary/aromatic N) is 2. The molecule has 6 heteroatoms. The van der Waals surface area contributed by atoms with E-state index in [-0.39, 0.29) is 5.84 Å². The number of amidine groups is 1. The van der Waals surface area contributed by atoms with E-state index in [2.05, 4.69) is 10.1 Å². The second kappa shape index (κ2) is 7.06. The molecule has 0 atom stereocenters. The zero-order valence-corrected chi connectivity index (χ0v) is 10.8. The normalized spacial score (nSPS) is 17.6. The molecule has 1 saturated heterocycles. The lowest BCUT2D eigenvalue weighted by Crippen LogP contribution is -2.21. The number of pyridine rings is 1. The van der Waals surface area contributed by atoms with Gasteiger partial charge in [-0.05, 0) is 24.8 Å². The lowest BCUT2D eigenvalue weighted by molar-refractivity contribution is 0.0156. The van der Waals surface area contributed by atoms with Crippen molar-refractivity contribution < 1.29 is 14.7 Å². The van der Waals surface area contributed by atoms with Crippen LogP contribution in [0.1, 0.15) is 24.1 Å². The topological polar surface area (TPSA) is 90.0 Å². The summed E-state index contributed by atoms with van der Waals surface area (Å²) in [4.78, 5) is 4.10. The Morgan fingerprint density at radius 3 is 3.05 bits per heavy atom. The van der Waals surface area contributed by atoms with Crippen molar-refractivity contribution in [3.63, 3.8) is 0 Å². The minimum absolute atomic E-state index is 0.00488. The van der Waals surface area contributed by atoms with Gasteiger partial charge in [0.05, 0.1) is 13.2 Å². The summed E-state index contributed by atoms with van der Waals surface area (Å²) in [6.45, 7) is 2.75. The van der Waals surface area contributed by atoms with E-state index in [0.717, 1.165) is 31.6 Å². The first-order valence-electron chi connectivity index (χ1n) is 6.38. The van der Waals surface area contributed by atoms with E-state index in [0.29, 0.717) is 24.8 Å². The summed E-state index contributed by atoms with van der Waals surface area (Å²) in [6, 6.07) is 3.67. The molecule has 1 aliphatic heterocycles. The standard InChI is InChI=1S/C13H19N3O3/c14-13(16-17)12-11(2-1-5-15-12)9-19-8-10-3-6-18-7-4-10/h1-2,5,10,17H,3-4,6-9H2,(H2,14,16). The average Bonchev–Trinajstić information content (AvgIpc) is 2.48. The van der Waals surface area contributed by atoms with Crippen molar-refractivity contribution in [1.82, 2.24) is 4.98 Å². The maximum absolute atomic E-state index is 8.71. The van der Waals surface area contributed by atoms with Crippen LogP contribution in [0.5, 0.6) is 0 Å². The van der Waals surface area contributed by atoms with E-state index in [9.17, 15) is 0 Å². The van der Waals surface area contributed by atoms with Gasteiger partial charge in [-0.15, -0.1) is 0 Å². The van der Waals surface area contributed by atoms with Crippen LogP contribution in [0.25, 0.3) is 0 Å². The van der Waals surface area contributed by atoms with Crippen LogP contribution in [-0.2, 0) is 16.1 Å². The Morgan fingerprint density at radius 2 is 2.32 bits per heavy atom. The van der Waals surface area contributed by atoms with Gasteiger partial charge in [0.2, 0.25) is 0 Å². The molecule has 19 heavy (non-hydrogen) atoms. The maximum atomic E-state index is 8.71. The van der Waals surface area contributed by atoms with Gasteiger partial charge in [-0.1, -0.05) is 11.2 Å². The Bertz CT molecular complexity index is 431. The predicted octanol–water partition coefficient (Wildman–Crippen LogP) is 1.12. The van der Waals surface area contributed by atoms with Gasteiger partial charge in [0.15, 0.2) is 5.84 Å². The monoisotopic (exact) mass is 265 g/mol. The van der Waals surface area contributed by atoms with Gasteiger partial charge < -0.3 is 20.4 Å². The molecular formula is C13H19N3O3. The third-order valence-corrected chi connectivity index (χ3v) is 3.19. The van der Waals surface area contributed by atoms with E-state index < -0.39 is 0 Å². The minimum atomic E-state index is 0.00488. The maximum Gasteiger partial charge on any atom is 0.189 e. The van der Waals surface area contributed by atoms with Crippen LogP contribution in [0, 0.1) is 5.92 Å². The summed E-state index contributed by atoms with van der Waals surface area (Å²) >= 11 is 0. The summed E-state index contributed by atoms with van der Waals surface area (Å²) in [5.74, 6) is 0.558. The Kier molecular flexibility index (Phi) is 5.11. The van der Waals surface area contributed by atoms with Crippen molar-refractivity contribution >= 4 is 5.84 Å². The fourth-order valence-corrected chi connectivity index (χ4v) is 2.08. The van der Waals surface area contributed by atoms with Crippen LogP contribution in [0.3, 0.4) is 0 Å². The SMILES string of the molecule is NC(=NO)c1ncccc1COCC1CCOCC1. The van der Waals surface area contributed by atoms with Crippen LogP contribution in [0.4, 0.5) is 0 Å². The van der Waals surface area contributed by atoms with Crippen LogP contribution < -0.4 is 5.73 Å². The van der Waals surface area contributed by atoms with Gasteiger partial charge in [-0.25, -0.2) is 0 Å². The fourth-order valence-electron chi connectivity index (χ4n) is 2.08. The van der Waals surface area contributed by atoms with E-state index in [1.54, 1.807) is 12.3 Å². The van der Waals surface area contributed by atoms with Crippen LogP contribution in [-0.4, -0.2) is 35.8 Å². The zero-order chi connectivity index (χ0) is 13.5. The molecule has 104 valence electrons. The van der Waals surface area contributed by atoms with Gasteiger partial charge in [0.1, 0.15) is 5.69 Å². The lowest BCUT2D eigenvalue weighted by Gasteiger charge is -2.21. The van der Waals surface area contributed by atoms with Gasteiger partial charge in [-0.3, -0.25) is 4.98 Å². The van der Waals surface area contributed by atoms with Crippen molar-refractivity contribution in [3.8, 4) is 0 Å². The number of nitrogens with two attached hydrogens (primary N) is 1. The molecule has 1 fully saturated rings. The van der Waals surface area contributed by atoms with Crippen molar-refractivity contribution in [2.45, 2.75) is 19.4 Å². The number of hydrogen-bond acceptors (Lipinski definition) is 5. The highest BCUT2D eigenvalue weighted by Gasteiger charge is 2.14. The summed E-state index contributed by atoms with van der Waals surface area (Å²) < 4.78 is 11.0. The molecule has 0 aliphatic carbocycles. The molecule has 1 aliphatic rings. The van der Waals surface area contributed by atoms with Gasteiger partial charge in [-0.2, -0.15) is 0 Å². The second-order valence-corrected chi connectivity index (χ2v) is 4.57. The van der Waals surface area contributed by atoms with Crippen molar-refractivity contribution in [2.24, 2.45) is 16.8 Å². The zero-order valence-electron chi connectivity index (χ0n) is 10.8. The molecule has 2 heterocycles. The summed E-state index contributed by atoms with van der Waals surface area (Å²) in [5.41, 5.74) is 6.87. The Balaban J connectivity index is 1.88. The van der Waals surface area contributed by atoms with E-state index in [1.165, 1.54) is 0 Å². The van der Waals surface area contributed by atoms with Crippen LogP contribution in [0.15, 0.2) is 23.5 Å². The highest BCUT2D eigenvalue weighted by molar-refractivity contribution is 5.96. The highest BCUT2D eigenvalue weighted by Crippen LogP contribution is 2.16. The molecule has 0 saturated carbocycles. The van der Waals surface area contributed by atoms with Crippen molar-refractivity contribution in [2.75, 3.05) is 19.8 Å². The highest BCUT2D eigenvalue weighted by atomic mass is 16.5. The quantitative estimate of drug-likeness (QED) is 0.360. The van der Waals surface area contributed by atoms with Crippen molar-refractivity contribution in [3.05, 3.63) is 29.6 Å². The molecule has 0 radical (unpaired) electrons. The molecule has 6 nitrogen and oxygen atoms in total. The van der Waals surface area contributed by atoms with Gasteiger partial charge in [0.25, 0.3) is 0 Å². The Labute approximate surface area is 112 Å². The average molecular weight is 265 g/mol. The van der Waals surface area contributed by atoms with E-state index in [1.807, 2.05) is 6.07 Å². The smallest absolute Gasteiger partial charge is 0.189 e. The minimum Gasteiger partial charge on any atom is -0.409 e. The second-order valence-electron chi connectivity index (χ2n) is 4.57. The number of hydrogen-bond donors (Lipinski definition) is 2. The molecule has 2 rings (SSSR count). The van der Waals surface area contributed by atoms with Crippen molar-refractivity contribution in [1.29, 1.82) is 0 Å². The molecule has 0 bridgehead atoms. The Morgan fingerprint density at radius 1 is 1.53 bits per heavy atom. The molecule has 0 spiro atoms. The first kappa shape index (κ1) is 13.8. The molecular weight excluding hydrogens is 246 g/mol. The molecule has 0 aromatic carbocycles. The third kappa shape index (κ3) is 3.90. The van der Waals surface area contributed by atoms with Crippen LogP contribution >= 0.6 is 0 Å². The number of ether oxygens (including phenoxy) is 2. The molecule has 0 amide bonds. The number of rotatable bonds is 5. The summed E-state index contributed by atoms with van der Waals surface area (Å²) in [5, 5.41) is 11.7. The predicted molar refractivity (Wildman–Crippen MR) is 69.9 cm³/mol. The molecule has 1 aromatic rings. The summed E-state index contributed by atoms with van der Waals surface area (Å²) in [7, 11) is 0. The van der Waals surface area contributed by atoms with Gasteiger partial charge in [0, 0.05) is 25.0 Å². The Hall–Kier alpha value is -1.66.